The molecule has 0 aliphatic carbocycles. The molecule has 1 heterocycles. The molecule has 0 spiro atoms. The van der Waals surface area contributed by atoms with Crippen LogP contribution in [-0.4, -0.2) is 16.1 Å². The highest BCUT2D eigenvalue weighted by Gasteiger charge is 2.16. The topological polar surface area (TPSA) is 53.1 Å². The van der Waals surface area contributed by atoms with Crippen LogP contribution in [0.2, 0.25) is 0 Å². The van der Waals surface area contributed by atoms with Gasteiger partial charge in [0.2, 0.25) is 0 Å². The van der Waals surface area contributed by atoms with Crippen LogP contribution in [0.1, 0.15) is 29.4 Å². The van der Waals surface area contributed by atoms with E-state index < -0.39 is 5.97 Å². The Morgan fingerprint density at radius 2 is 2.13 bits per heavy atom. The van der Waals surface area contributed by atoms with Gasteiger partial charge in [0, 0.05) is 16.6 Å². The standard InChI is InChI=1S/C12H13NO2/c1-2-5-10-11(12(14)15)8-6-3-4-7-9(8)13-10/h3-4,6-7,13H,2,5H2,1H3,(H,14,15). The number of nitrogens with one attached hydrogen (secondary N) is 1. The summed E-state index contributed by atoms with van der Waals surface area (Å²) in [6.07, 6.45) is 1.71. The van der Waals surface area contributed by atoms with Crippen LogP contribution in [0.4, 0.5) is 0 Å². The van der Waals surface area contributed by atoms with Crippen molar-refractivity contribution in [2.75, 3.05) is 0 Å². The molecule has 1 aromatic carbocycles. The van der Waals surface area contributed by atoms with Crippen LogP contribution >= 0.6 is 0 Å². The number of aromatic amines is 1. The molecule has 2 N–H and O–H groups in total. The number of hydrogen-bond donors (Lipinski definition) is 2. The van der Waals surface area contributed by atoms with Gasteiger partial charge in [0.15, 0.2) is 0 Å². The molecule has 0 aliphatic rings. The van der Waals surface area contributed by atoms with Gasteiger partial charge >= 0.3 is 5.97 Å². The maximum atomic E-state index is 11.2. The number of carboxylic acid groups (broad SMARTS) is 1. The highest BCUT2D eigenvalue weighted by Crippen LogP contribution is 2.23. The summed E-state index contributed by atoms with van der Waals surface area (Å²) in [5, 5.41) is 9.96. The number of para-hydroxylation sites is 1. The zero-order valence-electron chi connectivity index (χ0n) is 8.58. The van der Waals surface area contributed by atoms with Gasteiger partial charge in [-0.1, -0.05) is 31.5 Å². The van der Waals surface area contributed by atoms with Gasteiger partial charge in [-0.15, -0.1) is 0 Å². The molecule has 0 saturated heterocycles. The molecule has 0 fully saturated rings. The quantitative estimate of drug-likeness (QED) is 0.805. The fourth-order valence-corrected chi connectivity index (χ4v) is 1.88. The molecule has 0 radical (unpaired) electrons. The molecule has 0 unspecified atom stereocenters. The average Bonchev–Trinajstić information content (AvgIpc) is 2.56. The molecular weight excluding hydrogens is 190 g/mol. The smallest absolute Gasteiger partial charge is 0.338 e. The zero-order chi connectivity index (χ0) is 10.8. The molecular formula is C12H13NO2. The summed E-state index contributed by atoms with van der Waals surface area (Å²) >= 11 is 0. The van der Waals surface area contributed by atoms with Crippen molar-refractivity contribution in [3.8, 4) is 0 Å². The van der Waals surface area contributed by atoms with Crippen LogP contribution in [0, 0.1) is 0 Å². The molecule has 0 aliphatic heterocycles. The highest BCUT2D eigenvalue weighted by molar-refractivity contribution is 6.04. The molecule has 0 amide bonds. The number of H-pyrrole nitrogens is 1. The van der Waals surface area contributed by atoms with Gasteiger partial charge in [-0.25, -0.2) is 4.79 Å². The van der Waals surface area contributed by atoms with E-state index in [-0.39, 0.29) is 0 Å². The van der Waals surface area contributed by atoms with Crippen LogP contribution in [0.5, 0.6) is 0 Å². The maximum absolute atomic E-state index is 11.2. The lowest BCUT2D eigenvalue weighted by atomic mass is 10.1. The van der Waals surface area contributed by atoms with Crippen LogP contribution in [0.3, 0.4) is 0 Å². The molecule has 78 valence electrons. The summed E-state index contributed by atoms with van der Waals surface area (Å²) < 4.78 is 0. The molecule has 2 rings (SSSR count). The minimum Gasteiger partial charge on any atom is -0.478 e. The lowest BCUT2D eigenvalue weighted by molar-refractivity contribution is 0.0698. The largest absolute Gasteiger partial charge is 0.478 e. The molecule has 0 bridgehead atoms. The van der Waals surface area contributed by atoms with Gasteiger partial charge in [-0.3, -0.25) is 0 Å². The SMILES string of the molecule is CCCc1[nH]c2ccccc2c1C(=O)O. The average molecular weight is 203 g/mol. The third-order valence-corrected chi connectivity index (χ3v) is 2.50. The van der Waals surface area contributed by atoms with E-state index in [1.165, 1.54) is 0 Å². The Morgan fingerprint density at radius 1 is 1.40 bits per heavy atom. The lowest BCUT2D eigenvalue weighted by Crippen LogP contribution is -2.00. The van der Waals surface area contributed by atoms with E-state index in [1.807, 2.05) is 31.2 Å². The van der Waals surface area contributed by atoms with Gasteiger partial charge in [0.25, 0.3) is 0 Å². The molecule has 15 heavy (non-hydrogen) atoms. The number of benzene rings is 1. The number of carboxylic acids is 1. The van der Waals surface area contributed by atoms with Crippen molar-refractivity contribution >= 4 is 16.9 Å². The Labute approximate surface area is 87.7 Å². The van der Waals surface area contributed by atoms with E-state index in [2.05, 4.69) is 4.98 Å². The van der Waals surface area contributed by atoms with Crippen LogP contribution < -0.4 is 0 Å². The van der Waals surface area contributed by atoms with Crippen molar-refractivity contribution in [3.63, 3.8) is 0 Å². The van der Waals surface area contributed by atoms with E-state index in [9.17, 15) is 4.79 Å². The Balaban J connectivity index is 2.69. The second kappa shape index (κ2) is 3.77. The van der Waals surface area contributed by atoms with Crippen molar-refractivity contribution in [1.29, 1.82) is 0 Å². The summed E-state index contributed by atoms with van der Waals surface area (Å²) in [4.78, 5) is 14.3. The lowest BCUT2D eigenvalue weighted by Gasteiger charge is -1.96. The van der Waals surface area contributed by atoms with E-state index >= 15 is 0 Å². The predicted octanol–water partition coefficient (Wildman–Crippen LogP) is 2.82. The van der Waals surface area contributed by atoms with Crippen molar-refractivity contribution in [3.05, 3.63) is 35.5 Å². The minimum absolute atomic E-state index is 0.424. The maximum Gasteiger partial charge on any atom is 0.338 e. The van der Waals surface area contributed by atoms with Gasteiger partial charge in [0.05, 0.1) is 5.56 Å². The Hall–Kier alpha value is -1.77. The molecule has 3 nitrogen and oxygen atoms in total. The summed E-state index contributed by atoms with van der Waals surface area (Å²) in [5.74, 6) is -0.851. The minimum atomic E-state index is -0.851. The second-order valence-electron chi connectivity index (χ2n) is 3.58. The monoisotopic (exact) mass is 203 g/mol. The first-order chi connectivity index (χ1) is 7.24. The first kappa shape index (κ1) is 9.77. The highest BCUT2D eigenvalue weighted by atomic mass is 16.4. The number of carbonyl (C=O) groups is 1. The Morgan fingerprint density at radius 3 is 2.80 bits per heavy atom. The number of aromatic nitrogens is 1. The summed E-state index contributed by atoms with van der Waals surface area (Å²) in [6, 6.07) is 7.51. The zero-order valence-corrected chi connectivity index (χ0v) is 8.58. The van der Waals surface area contributed by atoms with E-state index in [0.29, 0.717) is 5.56 Å². The third kappa shape index (κ3) is 1.61. The molecule has 0 saturated carbocycles. The second-order valence-corrected chi connectivity index (χ2v) is 3.58. The van der Waals surface area contributed by atoms with Crippen molar-refractivity contribution < 1.29 is 9.90 Å². The van der Waals surface area contributed by atoms with Crippen molar-refractivity contribution in [1.82, 2.24) is 4.98 Å². The molecule has 3 heteroatoms. The van der Waals surface area contributed by atoms with Crippen LogP contribution in [0.25, 0.3) is 10.9 Å². The van der Waals surface area contributed by atoms with Gasteiger partial charge in [-0.2, -0.15) is 0 Å². The molecule has 0 atom stereocenters. The first-order valence-electron chi connectivity index (χ1n) is 5.07. The molecule has 1 aromatic heterocycles. The third-order valence-electron chi connectivity index (χ3n) is 2.50. The Bertz CT molecular complexity index is 499. The number of rotatable bonds is 3. The number of hydrogen-bond acceptors (Lipinski definition) is 1. The fourth-order valence-electron chi connectivity index (χ4n) is 1.88. The predicted molar refractivity (Wildman–Crippen MR) is 59.3 cm³/mol. The normalized spacial score (nSPS) is 10.7. The first-order valence-corrected chi connectivity index (χ1v) is 5.07. The summed E-state index contributed by atoms with van der Waals surface area (Å²) in [5.41, 5.74) is 2.15. The van der Waals surface area contributed by atoms with E-state index in [0.717, 1.165) is 29.4 Å². The Kier molecular flexibility index (Phi) is 2.46. The van der Waals surface area contributed by atoms with Gasteiger partial charge in [-0.05, 0) is 12.5 Å². The van der Waals surface area contributed by atoms with E-state index in [4.69, 9.17) is 5.11 Å². The van der Waals surface area contributed by atoms with Crippen molar-refractivity contribution in [2.45, 2.75) is 19.8 Å². The number of aromatic carboxylic acids is 1. The van der Waals surface area contributed by atoms with E-state index in [1.54, 1.807) is 0 Å². The van der Waals surface area contributed by atoms with Gasteiger partial charge in [0.1, 0.15) is 0 Å². The molecule has 2 aromatic rings. The summed E-state index contributed by atoms with van der Waals surface area (Å²) in [6.45, 7) is 2.04. The van der Waals surface area contributed by atoms with Crippen LogP contribution in [0.15, 0.2) is 24.3 Å². The summed E-state index contributed by atoms with van der Waals surface area (Å²) in [7, 11) is 0. The van der Waals surface area contributed by atoms with Crippen LogP contribution in [-0.2, 0) is 6.42 Å². The number of aryl methyl sites for hydroxylation is 1. The van der Waals surface area contributed by atoms with Crippen molar-refractivity contribution in [2.24, 2.45) is 0 Å². The van der Waals surface area contributed by atoms with Gasteiger partial charge < -0.3 is 10.1 Å². The fraction of sp³-hybridized carbons (Fsp3) is 0.250. The number of fused-ring (bicyclic) bond motifs is 1.